The van der Waals surface area contributed by atoms with Crippen molar-refractivity contribution in [2.24, 2.45) is 5.73 Å². The van der Waals surface area contributed by atoms with Gasteiger partial charge in [-0.05, 0) is 36.8 Å². The van der Waals surface area contributed by atoms with Crippen LogP contribution in [0.15, 0.2) is 42.7 Å². The fourth-order valence-corrected chi connectivity index (χ4v) is 1.68. The van der Waals surface area contributed by atoms with Crippen LogP contribution < -0.4 is 11.1 Å². The molecule has 0 saturated carbocycles. The van der Waals surface area contributed by atoms with Crippen molar-refractivity contribution >= 4 is 11.6 Å². The number of nitrogens with two attached hydrogens (primary N) is 1. The lowest BCUT2D eigenvalue weighted by Gasteiger charge is -2.06. The van der Waals surface area contributed by atoms with Crippen LogP contribution in [0.1, 0.15) is 21.5 Å². The Morgan fingerprint density at radius 3 is 2.75 bits per heavy atom. The van der Waals surface area contributed by atoms with Crippen molar-refractivity contribution in [3.63, 3.8) is 0 Å². The van der Waals surface area contributed by atoms with Gasteiger partial charge in [0.25, 0.3) is 5.91 Å². The van der Waals surface area contributed by atoms with Crippen molar-refractivity contribution in [3.8, 4) is 11.8 Å². The highest BCUT2D eigenvalue weighted by Crippen LogP contribution is 2.12. The molecular weight excluding hydrogens is 250 g/mol. The maximum atomic E-state index is 12.1. The summed E-state index contributed by atoms with van der Waals surface area (Å²) in [7, 11) is 0. The summed E-state index contributed by atoms with van der Waals surface area (Å²) in [6, 6.07) is 8.90. The third kappa shape index (κ3) is 3.44. The van der Waals surface area contributed by atoms with Crippen LogP contribution >= 0.6 is 0 Å². The molecule has 4 nitrogen and oxygen atoms in total. The van der Waals surface area contributed by atoms with E-state index in [0.717, 1.165) is 11.1 Å². The molecule has 100 valence electrons. The van der Waals surface area contributed by atoms with Gasteiger partial charge in [0.2, 0.25) is 0 Å². The molecule has 1 aromatic heterocycles. The molecule has 2 rings (SSSR count). The van der Waals surface area contributed by atoms with Crippen LogP contribution in [-0.4, -0.2) is 17.4 Å². The monoisotopic (exact) mass is 265 g/mol. The lowest BCUT2D eigenvalue weighted by Crippen LogP contribution is -2.12. The number of anilines is 1. The molecule has 1 amide bonds. The van der Waals surface area contributed by atoms with Gasteiger partial charge in [-0.1, -0.05) is 17.9 Å². The number of rotatable bonds is 2. The number of nitrogens with one attached hydrogen (secondary N) is 1. The fourth-order valence-electron chi connectivity index (χ4n) is 1.68. The largest absolute Gasteiger partial charge is 0.322 e. The normalized spacial score (nSPS) is 9.50. The van der Waals surface area contributed by atoms with E-state index in [1.54, 1.807) is 36.7 Å². The summed E-state index contributed by atoms with van der Waals surface area (Å²) < 4.78 is 0. The Balaban J connectivity index is 2.22. The fraction of sp³-hybridized carbons (Fsp3) is 0.125. The Hall–Kier alpha value is -2.64. The van der Waals surface area contributed by atoms with Gasteiger partial charge in [0.1, 0.15) is 0 Å². The Bertz CT molecular complexity index is 669. The second kappa shape index (κ2) is 6.50. The second-order valence-corrected chi connectivity index (χ2v) is 4.23. The van der Waals surface area contributed by atoms with Crippen LogP contribution in [0.3, 0.4) is 0 Å². The summed E-state index contributed by atoms with van der Waals surface area (Å²) in [6.07, 6.45) is 3.26. The molecule has 3 N–H and O–H groups in total. The molecule has 0 bridgehead atoms. The van der Waals surface area contributed by atoms with Crippen molar-refractivity contribution in [3.05, 3.63) is 59.4 Å². The molecule has 0 unspecified atom stereocenters. The molecule has 1 aromatic carbocycles. The summed E-state index contributed by atoms with van der Waals surface area (Å²) in [5.41, 5.74) is 8.48. The van der Waals surface area contributed by atoms with E-state index in [2.05, 4.69) is 22.1 Å². The number of benzene rings is 1. The van der Waals surface area contributed by atoms with Gasteiger partial charge in [-0.3, -0.25) is 9.78 Å². The molecule has 1 heterocycles. The van der Waals surface area contributed by atoms with E-state index in [0.29, 0.717) is 17.8 Å². The summed E-state index contributed by atoms with van der Waals surface area (Å²) in [4.78, 5) is 16.1. The SMILES string of the molecule is Cc1ccc(C(=O)Nc2ccncc2)cc1C#CCN. The van der Waals surface area contributed by atoms with E-state index in [-0.39, 0.29) is 5.91 Å². The minimum absolute atomic E-state index is 0.174. The Morgan fingerprint density at radius 2 is 2.05 bits per heavy atom. The zero-order chi connectivity index (χ0) is 14.4. The first-order valence-electron chi connectivity index (χ1n) is 6.21. The van der Waals surface area contributed by atoms with Crippen LogP contribution in [0.5, 0.6) is 0 Å². The summed E-state index contributed by atoms with van der Waals surface area (Å²) >= 11 is 0. The van der Waals surface area contributed by atoms with Gasteiger partial charge in [-0.15, -0.1) is 0 Å². The zero-order valence-corrected chi connectivity index (χ0v) is 11.2. The molecule has 4 heteroatoms. The van der Waals surface area contributed by atoms with E-state index in [1.807, 2.05) is 13.0 Å². The standard InChI is InChI=1S/C16H15N3O/c1-12-4-5-14(11-13(12)3-2-8-17)16(20)19-15-6-9-18-10-7-15/h4-7,9-11H,8,17H2,1H3,(H,18,19,20). The molecule has 0 aliphatic heterocycles. The quantitative estimate of drug-likeness (QED) is 0.815. The lowest BCUT2D eigenvalue weighted by atomic mass is 10.0. The smallest absolute Gasteiger partial charge is 0.255 e. The molecular formula is C16H15N3O. The number of hydrogen-bond donors (Lipinski definition) is 2. The van der Waals surface area contributed by atoms with Crippen LogP contribution in [0.2, 0.25) is 0 Å². The molecule has 0 fully saturated rings. The van der Waals surface area contributed by atoms with Crippen molar-refractivity contribution < 1.29 is 4.79 Å². The highest BCUT2D eigenvalue weighted by molar-refractivity contribution is 6.04. The molecule has 0 saturated heterocycles. The minimum atomic E-state index is -0.174. The highest BCUT2D eigenvalue weighted by atomic mass is 16.1. The van der Waals surface area contributed by atoms with Crippen LogP contribution in [0, 0.1) is 18.8 Å². The van der Waals surface area contributed by atoms with Crippen molar-refractivity contribution in [2.45, 2.75) is 6.92 Å². The van der Waals surface area contributed by atoms with Gasteiger partial charge in [-0.2, -0.15) is 0 Å². The van der Waals surface area contributed by atoms with Gasteiger partial charge in [0, 0.05) is 29.2 Å². The van der Waals surface area contributed by atoms with Crippen molar-refractivity contribution in [1.82, 2.24) is 4.98 Å². The van der Waals surface area contributed by atoms with E-state index >= 15 is 0 Å². The first-order chi connectivity index (χ1) is 9.70. The maximum Gasteiger partial charge on any atom is 0.255 e. The Morgan fingerprint density at radius 1 is 1.30 bits per heavy atom. The molecule has 0 aliphatic rings. The van der Waals surface area contributed by atoms with Crippen LogP contribution in [0.4, 0.5) is 5.69 Å². The average molecular weight is 265 g/mol. The number of amides is 1. The number of carbonyl (C=O) groups excluding carboxylic acids is 1. The molecule has 0 radical (unpaired) electrons. The maximum absolute atomic E-state index is 12.1. The average Bonchev–Trinajstić information content (AvgIpc) is 2.47. The topological polar surface area (TPSA) is 68.0 Å². The third-order valence-electron chi connectivity index (χ3n) is 2.76. The van der Waals surface area contributed by atoms with Crippen molar-refractivity contribution in [2.75, 3.05) is 11.9 Å². The van der Waals surface area contributed by atoms with E-state index in [1.165, 1.54) is 0 Å². The first kappa shape index (κ1) is 13.8. The first-order valence-corrected chi connectivity index (χ1v) is 6.21. The summed E-state index contributed by atoms with van der Waals surface area (Å²) in [5, 5.41) is 2.81. The summed E-state index contributed by atoms with van der Waals surface area (Å²) in [5.74, 6) is 5.59. The highest BCUT2D eigenvalue weighted by Gasteiger charge is 2.07. The second-order valence-electron chi connectivity index (χ2n) is 4.23. The third-order valence-corrected chi connectivity index (χ3v) is 2.76. The van der Waals surface area contributed by atoms with Gasteiger partial charge >= 0.3 is 0 Å². The van der Waals surface area contributed by atoms with Gasteiger partial charge < -0.3 is 11.1 Å². The number of pyridine rings is 1. The Labute approximate surface area is 118 Å². The molecule has 0 spiro atoms. The molecule has 2 aromatic rings. The predicted octanol–water partition coefficient (Wildman–Crippen LogP) is 1.95. The van der Waals surface area contributed by atoms with Crippen LogP contribution in [0.25, 0.3) is 0 Å². The van der Waals surface area contributed by atoms with Gasteiger partial charge in [-0.25, -0.2) is 0 Å². The molecule has 20 heavy (non-hydrogen) atoms. The Kier molecular flexibility index (Phi) is 4.48. The minimum Gasteiger partial charge on any atom is -0.322 e. The number of aromatic nitrogens is 1. The number of hydrogen-bond acceptors (Lipinski definition) is 3. The molecule has 0 atom stereocenters. The number of carbonyl (C=O) groups is 1. The lowest BCUT2D eigenvalue weighted by molar-refractivity contribution is 0.102. The van der Waals surface area contributed by atoms with E-state index in [9.17, 15) is 4.79 Å². The van der Waals surface area contributed by atoms with Crippen LogP contribution in [-0.2, 0) is 0 Å². The predicted molar refractivity (Wildman–Crippen MR) is 79.3 cm³/mol. The summed E-state index contributed by atoms with van der Waals surface area (Å²) in [6.45, 7) is 2.25. The van der Waals surface area contributed by atoms with E-state index < -0.39 is 0 Å². The number of nitrogens with zero attached hydrogens (tertiary/aromatic N) is 1. The zero-order valence-electron chi connectivity index (χ0n) is 11.2. The van der Waals surface area contributed by atoms with Gasteiger partial charge in [0.15, 0.2) is 0 Å². The van der Waals surface area contributed by atoms with Gasteiger partial charge in [0.05, 0.1) is 6.54 Å². The molecule has 0 aliphatic carbocycles. The number of aryl methyl sites for hydroxylation is 1. The van der Waals surface area contributed by atoms with Crippen molar-refractivity contribution in [1.29, 1.82) is 0 Å². The van der Waals surface area contributed by atoms with E-state index in [4.69, 9.17) is 5.73 Å².